The summed E-state index contributed by atoms with van der Waals surface area (Å²) in [6.45, 7) is 1.82. The highest BCUT2D eigenvalue weighted by molar-refractivity contribution is 5.72. The molecule has 8 nitrogen and oxygen atoms in total. The maximum atomic E-state index is 12.1. The van der Waals surface area contributed by atoms with Crippen LogP contribution in [0.2, 0.25) is 0 Å². The highest BCUT2D eigenvalue weighted by atomic mass is 16.5. The third-order valence-corrected chi connectivity index (χ3v) is 3.64. The molecule has 2 aromatic rings. The van der Waals surface area contributed by atoms with E-state index in [0.29, 0.717) is 17.1 Å². The second-order valence-electron chi connectivity index (χ2n) is 5.49. The molecule has 25 heavy (non-hydrogen) atoms. The number of ether oxygens (including phenoxy) is 2. The fourth-order valence-electron chi connectivity index (χ4n) is 2.60. The minimum atomic E-state index is -1.06. The van der Waals surface area contributed by atoms with Crippen molar-refractivity contribution in [2.24, 2.45) is 7.05 Å². The van der Waals surface area contributed by atoms with E-state index >= 15 is 0 Å². The number of amides is 1. The number of hydrogen-bond donors (Lipinski definition) is 2. The molecule has 1 atom stereocenters. The summed E-state index contributed by atoms with van der Waals surface area (Å²) in [5.74, 6) is -0.661. The molecule has 0 radical (unpaired) electrons. The minimum absolute atomic E-state index is 0.0929. The number of nitrogens with one attached hydrogen (secondary N) is 1. The smallest absolute Gasteiger partial charge is 0.407 e. The third kappa shape index (κ3) is 4.72. The third-order valence-electron chi connectivity index (χ3n) is 3.64. The number of aliphatic carboxylic acids is 1. The van der Waals surface area contributed by atoms with E-state index in [1.165, 1.54) is 11.8 Å². The summed E-state index contributed by atoms with van der Waals surface area (Å²) < 4.78 is 12.0. The number of benzene rings is 1. The van der Waals surface area contributed by atoms with Crippen LogP contribution in [0.3, 0.4) is 0 Å². The molecule has 1 amide bonds. The molecular weight excluding hydrogens is 326 g/mol. The van der Waals surface area contributed by atoms with Gasteiger partial charge >= 0.3 is 12.1 Å². The van der Waals surface area contributed by atoms with Crippen molar-refractivity contribution < 1.29 is 24.2 Å². The summed E-state index contributed by atoms with van der Waals surface area (Å²) in [6.07, 6.45) is -1.02. The number of carbonyl (C=O) groups excluding carboxylic acids is 1. The van der Waals surface area contributed by atoms with Crippen LogP contribution in [0.25, 0.3) is 0 Å². The minimum Gasteiger partial charge on any atom is -0.481 e. The van der Waals surface area contributed by atoms with Crippen LogP contribution in [-0.2, 0) is 23.2 Å². The normalized spacial score (nSPS) is 11.6. The number of carboxylic acids is 1. The van der Waals surface area contributed by atoms with Gasteiger partial charge in [-0.1, -0.05) is 30.3 Å². The Labute approximate surface area is 145 Å². The molecule has 1 heterocycles. The van der Waals surface area contributed by atoms with Gasteiger partial charge in [-0.2, -0.15) is 5.10 Å². The summed E-state index contributed by atoms with van der Waals surface area (Å²) in [6, 6.07) is 8.39. The van der Waals surface area contributed by atoms with E-state index in [4.69, 9.17) is 14.6 Å². The van der Waals surface area contributed by atoms with E-state index in [1.54, 1.807) is 14.0 Å². The van der Waals surface area contributed by atoms with Gasteiger partial charge in [-0.3, -0.25) is 4.79 Å². The predicted molar refractivity (Wildman–Crippen MR) is 89.3 cm³/mol. The van der Waals surface area contributed by atoms with Crippen molar-refractivity contribution in [3.8, 4) is 5.88 Å². The number of carboxylic acid groups (broad SMARTS) is 1. The second kappa shape index (κ2) is 8.18. The fraction of sp³-hybridized carbons (Fsp3) is 0.353. The van der Waals surface area contributed by atoms with Gasteiger partial charge in [0, 0.05) is 7.05 Å². The molecular formula is C17H21N3O5. The molecule has 0 aliphatic carbocycles. The average molecular weight is 347 g/mol. The maximum absolute atomic E-state index is 12.1. The average Bonchev–Trinajstić information content (AvgIpc) is 2.86. The molecule has 0 unspecified atom stereocenters. The van der Waals surface area contributed by atoms with Gasteiger partial charge in [0.05, 0.1) is 30.8 Å². The van der Waals surface area contributed by atoms with Gasteiger partial charge in [0.15, 0.2) is 0 Å². The topological polar surface area (TPSA) is 103 Å². The molecule has 0 aliphatic rings. The zero-order valence-electron chi connectivity index (χ0n) is 14.4. The van der Waals surface area contributed by atoms with E-state index in [2.05, 4.69) is 10.4 Å². The monoisotopic (exact) mass is 347 g/mol. The van der Waals surface area contributed by atoms with Crippen molar-refractivity contribution in [3.05, 3.63) is 47.2 Å². The largest absolute Gasteiger partial charge is 0.481 e. The van der Waals surface area contributed by atoms with Gasteiger partial charge in [-0.25, -0.2) is 9.48 Å². The number of aryl methyl sites for hydroxylation is 2. The summed E-state index contributed by atoms with van der Waals surface area (Å²) in [5.41, 5.74) is 1.93. The number of hydrogen-bond acceptors (Lipinski definition) is 5. The quantitative estimate of drug-likeness (QED) is 0.796. The number of aromatic nitrogens is 2. The first-order valence-corrected chi connectivity index (χ1v) is 7.68. The number of alkyl carbamates (subject to hydrolysis) is 1. The Hall–Kier alpha value is -3.03. The molecule has 2 rings (SSSR count). The lowest BCUT2D eigenvalue weighted by atomic mass is 10.0. The van der Waals surface area contributed by atoms with Crippen molar-refractivity contribution >= 4 is 12.1 Å². The van der Waals surface area contributed by atoms with E-state index in [9.17, 15) is 9.59 Å². The maximum Gasteiger partial charge on any atom is 0.407 e. The van der Waals surface area contributed by atoms with Crippen LogP contribution in [0.15, 0.2) is 30.3 Å². The summed E-state index contributed by atoms with van der Waals surface area (Å²) in [5, 5.41) is 16.0. The molecule has 0 bridgehead atoms. The van der Waals surface area contributed by atoms with Crippen LogP contribution in [-0.4, -0.2) is 34.1 Å². The second-order valence-corrected chi connectivity index (χ2v) is 5.49. The lowest BCUT2D eigenvalue weighted by Gasteiger charge is -2.18. The number of methoxy groups -OCH3 is 1. The van der Waals surface area contributed by atoms with Gasteiger partial charge in [0.1, 0.15) is 6.61 Å². The lowest BCUT2D eigenvalue weighted by molar-refractivity contribution is -0.137. The Bertz CT molecular complexity index is 742. The molecule has 1 aromatic carbocycles. The summed E-state index contributed by atoms with van der Waals surface area (Å²) in [4.78, 5) is 23.3. The predicted octanol–water partition coefficient (Wildman–Crippen LogP) is 2.18. The first-order valence-electron chi connectivity index (χ1n) is 7.68. The summed E-state index contributed by atoms with van der Waals surface area (Å²) >= 11 is 0. The van der Waals surface area contributed by atoms with Crippen molar-refractivity contribution in [1.82, 2.24) is 15.1 Å². The van der Waals surface area contributed by atoms with Crippen molar-refractivity contribution in [1.29, 1.82) is 0 Å². The van der Waals surface area contributed by atoms with Gasteiger partial charge in [0.25, 0.3) is 0 Å². The first kappa shape index (κ1) is 18.3. The molecule has 0 spiro atoms. The number of rotatable bonds is 7. The van der Waals surface area contributed by atoms with Gasteiger partial charge < -0.3 is 19.9 Å². The van der Waals surface area contributed by atoms with Crippen LogP contribution in [0.4, 0.5) is 4.79 Å². The highest BCUT2D eigenvalue weighted by Gasteiger charge is 2.27. The van der Waals surface area contributed by atoms with Crippen LogP contribution < -0.4 is 10.1 Å². The standard InChI is InChI=1S/C17H21N3O5/c1-11-15(16(24-3)20(2)19-11)13(9-14(21)22)18-17(23)25-10-12-7-5-4-6-8-12/h4-8,13H,9-10H2,1-3H3,(H,18,23)(H,21,22)/t13-/m1/s1. The van der Waals surface area contributed by atoms with Crippen molar-refractivity contribution in [2.45, 2.75) is 26.0 Å². The Morgan fingerprint density at radius 2 is 2.00 bits per heavy atom. The first-order chi connectivity index (χ1) is 11.9. The van der Waals surface area contributed by atoms with Crippen LogP contribution in [0, 0.1) is 6.92 Å². The molecule has 8 heteroatoms. The SMILES string of the molecule is COc1c([C@@H](CC(=O)O)NC(=O)OCc2ccccc2)c(C)nn1C. The van der Waals surface area contributed by atoms with Gasteiger partial charge in [0.2, 0.25) is 5.88 Å². The summed E-state index contributed by atoms with van der Waals surface area (Å²) in [7, 11) is 3.15. The van der Waals surface area contributed by atoms with Crippen molar-refractivity contribution in [3.63, 3.8) is 0 Å². The zero-order valence-corrected chi connectivity index (χ0v) is 14.4. The fourth-order valence-corrected chi connectivity index (χ4v) is 2.60. The number of carbonyl (C=O) groups is 2. The Balaban J connectivity index is 2.12. The van der Waals surface area contributed by atoms with Crippen LogP contribution in [0.5, 0.6) is 5.88 Å². The van der Waals surface area contributed by atoms with E-state index < -0.39 is 18.1 Å². The lowest BCUT2D eigenvalue weighted by Crippen LogP contribution is -2.31. The number of nitrogens with zero attached hydrogens (tertiary/aromatic N) is 2. The molecule has 0 saturated carbocycles. The van der Waals surface area contributed by atoms with Crippen LogP contribution >= 0.6 is 0 Å². The molecule has 0 fully saturated rings. The van der Waals surface area contributed by atoms with E-state index in [0.717, 1.165) is 5.56 Å². The zero-order chi connectivity index (χ0) is 18.4. The van der Waals surface area contributed by atoms with Crippen LogP contribution in [0.1, 0.15) is 29.3 Å². The molecule has 1 aromatic heterocycles. The highest BCUT2D eigenvalue weighted by Crippen LogP contribution is 2.30. The molecule has 0 aliphatic heterocycles. The molecule has 2 N–H and O–H groups in total. The van der Waals surface area contributed by atoms with E-state index in [-0.39, 0.29) is 13.0 Å². The van der Waals surface area contributed by atoms with Gasteiger partial charge in [-0.15, -0.1) is 0 Å². The Morgan fingerprint density at radius 3 is 2.60 bits per heavy atom. The van der Waals surface area contributed by atoms with E-state index in [1.807, 2.05) is 30.3 Å². The van der Waals surface area contributed by atoms with Crippen molar-refractivity contribution in [2.75, 3.05) is 7.11 Å². The molecule has 0 saturated heterocycles. The van der Waals surface area contributed by atoms with Gasteiger partial charge in [-0.05, 0) is 12.5 Å². The molecule has 134 valence electrons. The Kier molecular flexibility index (Phi) is 5.99. The Morgan fingerprint density at radius 1 is 1.32 bits per heavy atom.